The van der Waals surface area contributed by atoms with Crippen LogP contribution in [0.4, 0.5) is 0 Å². The Bertz CT molecular complexity index is 193. The smallest absolute Gasteiger partial charge is 0.324 e. The van der Waals surface area contributed by atoms with E-state index in [1.165, 1.54) is 0 Å². The molecule has 0 aromatic rings. The van der Waals surface area contributed by atoms with Gasteiger partial charge in [-0.15, -0.1) is 37.9 Å². The van der Waals surface area contributed by atoms with Crippen molar-refractivity contribution in [3.8, 4) is 0 Å². The highest BCUT2D eigenvalue weighted by Crippen LogP contribution is 2.11. The summed E-state index contributed by atoms with van der Waals surface area (Å²) in [6.07, 6.45) is 5.29. The molecule has 3 unspecified atom stereocenters. The molecule has 0 fully saturated rings. The van der Waals surface area contributed by atoms with E-state index in [0.29, 0.717) is 0 Å². The van der Waals surface area contributed by atoms with Gasteiger partial charge in [-0.2, -0.15) is 0 Å². The third kappa shape index (κ3) is 75.4. The van der Waals surface area contributed by atoms with Crippen LogP contribution in [-0.2, 0) is 0 Å². The van der Waals surface area contributed by atoms with E-state index in [1.54, 1.807) is 0 Å². The van der Waals surface area contributed by atoms with Crippen LogP contribution in [0, 0.1) is 0 Å². The molecule has 158 valence electrons. The number of hydrogen-bond acceptors (Lipinski definition) is 9. The fourth-order valence-corrected chi connectivity index (χ4v) is 2.30. The zero-order valence-corrected chi connectivity index (χ0v) is 22.0. The van der Waals surface area contributed by atoms with Gasteiger partial charge in [-0.3, -0.25) is 0 Å². The summed E-state index contributed by atoms with van der Waals surface area (Å²) in [6, 6.07) is 0. The van der Waals surface area contributed by atoms with Crippen LogP contribution >= 0.6 is 94.3 Å². The third-order valence-corrected chi connectivity index (χ3v) is 4.24. The van der Waals surface area contributed by atoms with E-state index >= 15 is 0 Å². The van der Waals surface area contributed by atoms with Crippen molar-refractivity contribution in [3.63, 3.8) is 0 Å². The van der Waals surface area contributed by atoms with E-state index in [4.69, 9.17) is 30.0 Å². The minimum absolute atomic E-state index is 0.433. The quantitative estimate of drug-likeness (QED) is 0.0828. The van der Waals surface area contributed by atoms with Crippen molar-refractivity contribution < 1.29 is 30.0 Å². The number of aliphatic hydroxyl groups excluding tert-OH is 3. The van der Waals surface area contributed by atoms with E-state index in [9.17, 15) is 0 Å². The Hall–Kier alpha value is 2.68. The topological polar surface area (TPSA) is 121 Å². The summed E-state index contributed by atoms with van der Waals surface area (Å²) in [7, 11) is -2.62. The van der Waals surface area contributed by atoms with Crippen LogP contribution in [0.1, 0.15) is 38.5 Å². The fourth-order valence-electron chi connectivity index (χ4n) is 0.779. The first kappa shape index (κ1) is 35.1. The zero-order valence-electron chi connectivity index (χ0n) is 13.7. The minimum atomic E-state index is -2.62. The SMILES string of the molecule is OC(S)CCCBr.OC(S)CCCBr.OC(S)CCCBr.OP(O)O. The van der Waals surface area contributed by atoms with Crippen LogP contribution < -0.4 is 0 Å². The Morgan fingerprint density at radius 2 is 0.760 bits per heavy atom. The van der Waals surface area contributed by atoms with Crippen molar-refractivity contribution in [3.05, 3.63) is 0 Å². The molecule has 0 aliphatic heterocycles. The average molecular weight is 637 g/mol. The van der Waals surface area contributed by atoms with Crippen molar-refractivity contribution in [1.82, 2.24) is 0 Å². The van der Waals surface area contributed by atoms with Gasteiger partial charge in [0.25, 0.3) is 0 Å². The van der Waals surface area contributed by atoms with Crippen LogP contribution in [0.5, 0.6) is 0 Å². The van der Waals surface area contributed by atoms with Crippen molar-refractivity contribution >= 4 is 94.3 Å². The van der Waals surface area contributed by atoms with Crippen LogP contribution in [0.15, 0.2) is 0 Å². The van der Waals surface area contributed by atoms with Gasteiger partial charge in [0.15, 0.2) is 0 Å². The maximum absolute atomic E-state index is 8.53. The molecule has 0 spiro atoms. The number of hydrogen-bond donors (Lipinski definition) is 9. The summed E-state index contributed by atoms with van der Waals surface area (Å²) in [5.74, 6) is 0. The number of alkyl halides is 3. The molecule has 6 nitrogen and oxygen atoms in total. The minimum Gasteiger partial charge on any atom is -0.383 e. The summed E-state index contributed by atoms with van der Waals surface area (Å²) in [5.41, 5.74) is -1.30. The Kier molecular flexibility index (Phi) is 44.1. The van der Waals surface area contributed by atoms with Gasteiger partial charge in [0.1, 0.15) is 0 Å². The van der Waals surface area contributed by atoms with Gasteiger partial charge in [-0.25, -0.2) is 0 Å². The standard InChI is InChI=1S/3C4H9BrOS.H3O3P/c3*5-3-1-2-4(6)7;1-4(2)3/h3*4,6-7H,1-3H2;1-3H. The highest BCUT2D eigenvalue weighted by atomic mass is 79.9. The number of rotatable bonds is 9. The number of aliphatic hydroxyl groups is 3. The fraction of sp³-hybridized carbons (Fsp3) is 1.00. The number of halogens is 3. The summed E-state index contributed by atoms with van der Waals surface area (Å²) in [6.45, 7) is 0. The largest absolute Gasteiger partial charge is 0.383 e. The molecule has 0 rings (SSSR count). The molecule has 0 heterocycles. The predicted octanol–water partition coefficient (Wildman–Crippen LogP) is 3.42. The molecule has 3 atom stereocenters. The van der Waals surface area contributed by atoms with Gasteiger partial charge < -0.3 is 30.0 Å². The Morgan fingerprint density at radius 1 is 0.600 bits per heavy atom. The first-order valence-corrected chi connectivity index (χ1v) is 13.3. The Balaban J connectivity index is -0.000000120. The van der Waals surface area contributed by atoms with Crippen molar-refractivity contribution in [1.29, 1.82) is 0 Å². The van der Waals surface area contributed by atoms with E-state index in [-0.39, 0.29) is 0 Å². The molecule has 13 heteroatoms. The predicted molar refractivity (Wildman–Crippen MR) is 128 cm³/mol. The first-order chi connectivity index (χ1) is 11.5. The molecular formula is C12H30Br3O6PS3. The Labute approximate surface area is 193 Å². The highest BCUT2D eigenvalue weighted by molar-refractivity contribution is 9.09. The van der Waals surface area contributed by atoms with Gasteiger partial charge >= 0.3 is 8.60 Å². The van der Waals surface area contributed by atoms with Crippen molar-refractivity contribution in [2.75, 3.05) is 16.0 Å². The lowest BCUT2D eigenvalue weighted by molar-refractivity contribution is 0.254. The molecule has 0 aromatic heterocycles. The second-order valence-electron chi connectivity index (χ2n) is 4.20. The summed E-state index contributed by atoms with van der Waals surface area (Å²) in [4.78, 5) is 21.7. The molecule has 0 saturated carbocycles. The molecule has 0 saturated heterocycles. The average Bonchev–Trinajstić information content (AvgIpc) is 2.49. The Morgan fingerprint density at radius 3 is 0.800 bits per heavy atom. The van der Waals surface area contributed by atoms with E-state index < -0.39 is 24.9 Å². The van der Waals surface area contributed by atoms with Crippen molar-refractivity contribution in [2.24, 2.45) is 0 Å². The summed E-state index contributed by atoms with van der Waals surface area (Å²) < 4.78 is 0. The maximum atomic E-state index is 8.53. The number of thiol groups is 3. The molecular weight excluding hydrogens is 607 g/mol. The van der Waals surface area contributed by atoms with Gasteiger partial charge in [0.2, 0.25) is 0 Å². The molecule has 0 aromatic carbocycles. The second-order valence-corrected chi connectivity index (χ2v) is 8.91. The monoisotopic (exact) mass is 634 g/mol. The lowest BCUT2D eigenvalue weighted by atomic mass is 10.4. The van der Waals surface area contributed by atoms with Crippen LogP contribution in [0.3, 0.4) is 0 Å². The van der Waals surface area contributed by atoms with E-state index in [0.717, 1.165) is 54.5 Å². The van der Waals surface area contributed by atoms with Crippen LogP contribution in [0.2, 0.25) is 0 Å². The van der Waals surface area contributed by atoms with Gasteiger partial charge in [-0.1, -0.05) is 47.8 Å². The van der Waals surface area contributed by atoms with Crippen molar-refractivity contribution in [2.45, 2.75) is 54.8 Å². The van der Waals surface area contributed by atoms with E-state index in [1.807, 2.05) is 0 Å². The summed E-state index contributed by atoms with van der Waals surface area (Å²) >= 11 is 21.0. The maximum Gasteiger partial charge on any atom is 0.324 e. The lowest BCUT2D eigenvalue weighted by Crippen LogP contribution is -1.94. The first-order valence-electron chi connectivity index (χ1n) is 7.18. The van der Waals surface area contributed by atoms with Crippen LogP contribution in [-0.4, -0.2) is 62.3 Å². The molecule has 0 amide bonds. The third-order valence-electron chi connectivity index (χ3n) is 1.79. The molecule has 0 radical (unpaired) electrons. The molecule has 25 heavy (non-hydrogen) atoms. The zero-order chi connectivity index (χ0) is 20.7. The second kappa shape index (κ2) is 31.4. The lowest BCUT2D eigenvalue weighted by Gasteiger charge is -1.97. The van der Waals surface area contributed by atoms with Gasteiger partial charge in [-0.05, 0) is 38.5 Å². The van der Waals surface area contributed by atoms with Crippen LogP contribution in [0.25, 0.3) is 0 Å². The van der Waals surface area contributed by atoms with E-state index in [2.05, 4.69) is 85.7 Å². The molecule has 0 aliphatic carbocycles. The van der Waals surface area contributed by atoms with Gasteiger partial charge in [0, 0.05) is 16.0 Å². The normalized spacial score (nSPS) is 13.3. The summed E-state index contributed by atoms with van der Waals surface area (Å²) in [5, 5.41) is 28.4. The highest BCUT2D eigenvalue weighted by Gasteiger charge is 1.93. The molecule has 0 aliphatic rings. The molecule has 6 N–H and O–H groups in total. The van der Waals surface area contributed by atoms with Gasteiger partial charge in [0.05, 0.1) is 16.3 Å². The molecule has 0 bridgehead atoms.